The van der Waals surface area contributed by atoms with E-state index in [-0.39, 0.29) is 11.2 Å². The van der Waals surface area contributed by atoms with Crippen LogP contribution in [-0.4, -0.2) is 57.8 Å². The number of carboxylic acids is 1. The second-order valence-electron chi connectivity index (χ2n) is 8.55. The summed E-state index contributed by atoms with van der Waals surface area (Å²) in [6, 6.07) is 10.6. The van der Waals surface area contributed by atoms with Gasteiger partial charge in [0, 0.05) is 5.39 Å². The quantitative estimate of drug-likeness (QED) is 0.340. The third-order valence-corrected chi connectivity index (χ3v) is 5.43. The maximum Gasteiger partial charge on any atom is 0.305 e. The third-order valence-electron chi connectivity index (χ3n) is 5.43. The number of carbonyl (C=O) groups excluding carboxylic acids is 3. The van der Waals surface area contributed by atoms with Crippen LogP contribution in [0, 0.1) is 17.6 Å². The number of rotatable bonds is 11. The zero-order valence-corrected chi connectivity index (χ0v) is 20.5. The predicted octanol–water partition coefficient (Wildman–Crippen LogP) is 2.05. The van der Waals surface area contributed by atoms with Crippen molar-refractivity contribution in [1.82, 2.24) is 15.6 Å². The number of nitrogens with one attached hydrogen (secondary N) is 2. The largest absolute Gasteiger partial charge is 0.481 e. The van der Waals surface area contributed by atoms with Gasteiger partial charge in [-0.15, -0.1) is 0 Å². The van der Waals surface area contributed by atoms with Gasteiger partial charge in [-0.1, -0.05) is 44.2 Å². The number of hydrogen-bond acceptors (Lipinski definition) is 6. The Morgan fingerprint density at radius 3 is 2.24 bits per heavy atom. The van der Waals surface area contributed by atoms with Gasteiger partial charge in [0.15, 0.2) is 23.2 Å². The van der Waals surface area contributed by atoms with Crippen molar-refractivity contribution in [2.24, 2.45) is 5.92 Å². The maximum atomic E-state index is 13.8. The molecule has 202 valence electrons. The lowest BCUT2D eigenvalue weighted by Gasteiger charge is -2.24. The number of hydrogen-bond donors (Lipinski definition) is 3. The summed E-state index contributed by atoms with van der Waals surface area (Å²) in [4.78, 5) is 54.0. The maximum absolute atomic E-state index is 13.8. The summed E-state index contributed by atoms with van der Waals surface area (Å²) in [7, 11) is 0. The molecule has 3 rings (SSSR count). The highest BCUT2D eigenvalue weighted by atomic mass is 19.1. The van der Waals surface area contributed by atoms with Crippen molar-refractivity contribution in [2.75, 3.05) is 6.61 Å². The van der Waals surface area contributed by atoms with E-state index in [0.29, 0.717) is 5.52 Å². The minimum absolute atomic E-state index is 0. The van der Waals surface area contributed by atoms with Crippen LogP contribution in [0.25, 0.3) is 10.9 Å². The zero-order chi connectivity index (χ0) is 27.1. The molecule has 0 radical (unpaired) electrons. The molecule has 2 unspecified atom stereocenters. The lowest BCUT2D eigenvalue weighted by molar-refractivity contribution is -0.140. The topological polar surface area (TPSA) is 166 Å². The minimum Gasteiger partial charge on any atom is -0.481 e. The number of para-hydroxylation sites is 2. The normalized spacial score (nSPS) is 12.2. The van der Waals surface area contributed by atoms with Crippen molar-refractivity contribution >= 4 is 34.5 Å². The molecule has 1 aromatic heterocycles. The molecule has 2 amide bonds. The van der Waals surface area contributed by atoms with Crippen LogP contribution in [0.15, 0.2) is 54.6 Å². The Balaban J connectivity index is 0.00000507. The van der Waals surface area contributed by atoms with Crippen LogP contribution in [0.2, 0.25) is 0 Å². The van der Waals surface area contributed by atoms with E-state index in [4.69, 9.17) is 4.74 Å². The van der Waals surface area contributed by atoms with E-state index in [0.717, 1.165) is 23.6 Å². The van der Waals surface area contributed by atoms with Gasteiger partial charge in [-0.25, -0.2) is 13.8 Å². The van der Waals surface area contributed by atoms with Crippen LogP contribution >= 0.6 is 0 Å². The Bertz CT molecular complexity index is 1310. The number of aromatic nitrogens is 1. The summed E-state index contributed by atoms with van der Waals surface area (Å²) in [5.74, 6) is -7.13. The fraction of sp³-hybridized carbons (Fsp3) is 0.269. The molecule has 5 N–H and O–H groups in total. The smallest absolute Gasteiger partial charge is 0.305 e. The van der Waals surface area contributed by atoms with Gasteiger partial charge >= 0.3 is 5.97 Å². The van der Waals surface area contributed by atoms with E-state index >= 15 is 0 Å². The lowest BCUT2D eigenvalue weighted by Crippen LogP contribution is -2.54. The first-order chi connectivity index (χ1) is 17.6. The SMILES string of the molecule is CC(C)C(NC(=O)c1ccc2ccccc2n1)C(=O)NC(CC(=O)O)C(=O)COc1c(F)cccc1F.O. The molecule has 12 heteroatoms. The molecular formula is C26H27F2N3O7. The van der Waals surface area contributed by atoms with Crippen LogP contribution in [0.1, 0.15) is 30.8 Å². The van der Waals surface area contributed by atoms with Gasteiger partial charge in [0.1, 0.15) is 24.4 Å². The Labute approximate surface area is 216 Å². The van der Waals surface area contributed by atoms with Crippen LogP contribution in [0.3, 0.4) is 0 Å². The van der Waals surface area contributed by atoms with Crippen molar-refractivity contribution in [1.29, 1.82) is 0 Å². The number of amides is 2. The van der Waals surface area contributed by atoms with Crippen LogP contribution in [0.5, 0.6) is 5.75 Å². The summed E-state index contributed by atoms with van der Waals surface area (Å²) >= 11 is 0. The highest BCUT2D eigenvalue weighted by Gasteiger charge is 2.31. The van der Waals surface area contributed by atoms with Crippen molar-refractivity contribution in [3.05, 3.63) is 71.9 Å². The predicted molar refractivity (Wildman–Crippen MR) is 132 cm³/mol. The summed E-state index contributed by atoms with van der Waals surface area (Å²) in [6.07, 6.45) is -0.807. The number of aliphatic carboxylic acids is 1. The first kappa shape index (κ1) is 29.8. The van der Waals surface area contributed by atoms with Gasteiger partial charge in [0.2, 0.25) is 5.91 Å². The molecule has 0 fully saturated rings. The van der Waals surface area contributed by atoms with Crippen molar-refractivity contribution in [2.45, 2.75) is 32.4 Å². The second kappa shape index (κ2) is 13.2. The highest BCUT2D eigenvalue weighted by molar-refractivity contribution is 5.99. The van der Waals surface area contributed by atoms with Crippen molar-refractivity contribution in [3.63, 3.8) is 0 Å². The van der Waals surface area contributed by atoms with Crippen molar-refractivity contribution in [3.8, 4) is 5.75 Å². The molecule has 0 spiro atoms. The lowest BCUT2D eigenvalue weighted by atomic mass is 10.0. The average Bonchev–Trinajstić information content (AvgIpc) is 2.85. The van der Waals surface area contributed by atoms with E-state index in [2.05, 4.69) is 15.6 Å². The Morgan fingerprint density at radius 2 is 1.61 bits per heavy atom. The first-order valence-corrected chi connectivity index (χ1v) is 11.3. The first-order valence-electron chi connectivity index (χ1n) is 11.3. The zero-order valence-electron chi connectivity index (χ0n) is 20.5. The van der Waals surface area contributed by atoms with E-state index in [9.17, 15) is 33.1 Å². The summed E-state index contributed by atoms with van der Waals surface area (Å²) in [6.45, 7) is 2.41. The van der Waals surface area contributed by atoms with Gasteiger partial charge in [-0.05, 0) is 30.2 Å². The molecular weight excluding hydrogens is 504 g/mol. The van der Waals surface area contributed by atoms with E-state index in [1.807, 2.05) is 12.1 Å². The Kier molecular flexibility index (Phi) is 10.3. The molecule has 0 aliphatic rings. The number of Topliss-reactive ketones (excluding diaryl/α,β-unsaturated/α-hetero) is 1. The molecule has 0 aliphatic carbocycles. The van der Waals surface area contributed by atoms with Gasteiger partial charge in [-0.2, -0.15) is 0 Å². The Morgan fingerprint density at radius 1 is 0.947 bits per heavy atom. The fourth-order valence-electron chi connectivity index (χ4n) is 3.49. The van der Waals surface area contributed by atoms with Crippen LogP contribution in [0.4, 0.5) is 8.78 Å². The molecule has 38 heavy (non-hydrogen) atoms. The second-order valence-corrected chi connectivity index (χ2v) is 8.55. The summed E-state index contributed by atoms with van der Waals surface area (Å²) < 4.78 is 32.5. The number of pyridine rings is 1. The van der Waals surface area contributed by atoms with E-state index in [1.165, 1.54) is 6.07 Å². The van der Waals surface area contributed by atoms with E-state index < -0.39 is 72.0 Å². The van der Waals surface area contributed by atoms with Crippen LogP contribution < -0.4 is 15.4 Å². The summed E-state index contributed by atoms with van der Waals surface area (Å²) in [5, 5.41) is 14.9. The van der Waals surface area contributed by atoms with Crippen molar-refractivity contribution < 1.29 is 43.3 Å². The molecule has 1 heterocycles. The van der Waals surface area contributed by atoms with Gasteiger partial charge in [0.05, 0.1) is 11.9 Å². The number of nitrogens with zero attached hydrogens (tertiary/aromatic N) is 1. The number of carbonyl (C=O) groups is 4. The molecule has 2 aromatic carbocycles. The van der Waals surface area contributed by atoms with Gasteiger partial charge < -0.3 is 26.0 Å². The molecule has 3 aromatic rings. The average molecular weight is 532 g/mol. The van der Waals surface area contributed by atoms with Gasteiger partial charge in [0.25, 0.3) is 5.91 Å². The number of ketones is 1. The van der Waals surface area contributed by atoms with Gasteiger partial charge in [-0.3, -0.25) is 19.2 Å². The molecule has 0 saturated carbocycles. The monoisotopic (exact) mass is 531 g/mol. The minimum atomic E-state index is -1.57. The molecule has 0 bridgehead atoms. The third kappa shape index (κ3) is 7.53. The number of ether oxygens (including phenoxy) is 1. The molecule has 10 nitrogen and oxygen atoms in total. The molecule has 0 saturated heterocycles. The van der Waals surface area contributed by atoms with E-state index in [1.54, 1.807) is 32.0 Å². The molecule has 0 aliphatic heterocycles. The van der Waals surface area contributed by atoms with Crippen LogP contribution in [-0.2, 0) is 14.4 Å². The number of fused-ring (bicyclic) bond motifs is 1. The number of carboxylic acid groups (broad SMARTS) is 1. The Hall–Kier alpha value is -4.45. The number of halogens is 2. The standard InChI is InChI=1S/C26H25F2N3O6.H2O/c1-14(2)23(31-25(35)19-11-10-15-6-3-4-9-18(15)29-19)26(36)30-20(12-22(33)34)21(32)13-37-24-16(27)7-5-8-17(24)28;/h3-11,14,20,23H,12-13H2,1-2H3,(H,30,36)(H,31,35)(H,33,34);1H2. The summed E-state index contributed by atoms with van der Waals surface area (Å²) in [5.41, 5.74) is 0.648. The molecule has 2 atom stereocenters. The fourth-order valence-corrected chi connectivity index (χ4v) is 3.49. The highest BCUT2D eigenvalue weighted by Crippen LogP contribution is 2.21. The number of benzene rings is 2.